The fourth-order valence-corrected chi connectivity index (χ4v) is 1.88. The third-order valence-corrected chi connectivity index (χ3v) is 2.90. The van der Waals surface area contributed by atoms with Crippen LogP contribution in [0.3, 0.4) is 0 Å². The molecule has 1 fully saturated rings. The van der Waals surface area contributed by atoms with E-state index in [0.717, 1.165) is 26.1 Å². The fraction of sp³-hybridized carbons (Fsp3) is 0.917. The zero-order chi connectivity index (χ0) is 12.3. The Kier molecular flexibility index (Phi) is 4.19. The van der Waals surface area contributed by atoms with Gasteiger partial charge < -0.3 is 9.64 Å². The van der Waals surface area contributed by atoms with E-state index in [9.17, 15) is 4.79 Å². The van der Waals surface area contributed by atoms with E-state index in [1.54, 1.807) is 0 Å². The molecule has 16 heavy (non-hydrogen) atoms. The average molecular weight is 228 g/mol. The molecule has 0 spiro atoms. The molecule has 1 amide bonds. The Morgan fingerprint density at radius 3 is 2.50 bits per heavy atom. The van der Waals surface area contributed by atoms with Crippen LogP contribution in [-0.2, 0) is 4.74 Å². The van der Waals surface area contributed by atoms with Crippen LogP contribution >= 0.6 is 0 Å². The molecule has 0 bridgehead atoms. The van der Waals surface area contributed by atoms with Gasteiger partial charge >= 0.3 is 6.09 Å². The second-order valence-electron chi connectivity index (χ2n) is 5.47. The van der Waals surface area contributed by atoms with Gasteiger partial charge in [-0.15, -0.1) is 0 Å². The Hall–Kier alpha value is -0.770. The zero-order valence-electron chi connectivity index (χ0n) is 11.1. The highest BCUT2D eigenvalue weighted by molar-refractivity contribution is 5.68. The maximum atomic E-state index is 11.9. The number of amides is 1. The van der Waals surface area contributed by atoms with Gasteiger partial charge in [-0.3, -0.25) is 4.90 Å². The second kappa shape index (κ2) is 5.04. The highest BCUT2D eigenvalue weighted by Crippen LogP contribution is 2.15. The standard InChI is InChI=1S/C12H24N2O2/c1-6-10-9-14(8-7-13(10)5)11(15)16-12(2,3)4/h10H,6-9H2,1-5H3. The summed E-state index contributed by atoms with van der Waals surface area (Å²) in [6.45, 7) is 10.3. The molecule has 1 aliphatic heterocycles. The number of ether oxygens (including phenoxy) is 1. The molecule has 0 aromatic carbocycles. The lowest BCUT2D eigenvalue weighted by Crippen LogP contribution is -2.53. The lowest BCUT2D eigenvalue weighted by molar-refractivity contribution is 0.00728. The van der Waals surface area contributed by atoms with Gasteiger partial charge in [-0.25, -0.2) is 4.79 Å². The molecule has 94 valence electrons. The van der Waals surface area contributed by atoms with Gasteiger partial charge in [0, 0.05) is 25.7 Å². The Morgan fingerprint density at radius 1 is 1.38 bits per heavy atom. The van der Waals surface area contributed by atoms with Gasteiger partial charge in [-0.05, 0) is 34.2 Å². The maximum absolute atomic E-state index is 11.9. The largest absolute Gasteiger partial charge is 0.444 e. The smallest absolute Gasteiger partial charge is 0.410 e. The lowest BCUT2D eigenvalue weighted by Gasteiger charge is -2.39. The summed E-state index contributed by atoms with van der Waals surface area (Å²) in [6, 6.07) is 0.460. The first-order valence-electron chi connectivity index (χ1n) is 6.01. The molecule has 1 heterocycles. The number of likely N-dealkylation sites (N-methyl/N-ethyl adjacent to an activating group) is 1. The molecule has 1 atom stereocenters. The second-order valence-corrected chi connectivity index (χ2v) is 5.47. The third-order valence-electron chi connectivity index (χ3n) is 2.90. The average Bonchev–Trinajstić information content (AvgIpc) is 2.15. The fourth-order valence-electron chi connectivity index (χ4n) is 1.88. The van der Waals surface area contributed by atoms with Crippen molar-refractivity contribution < 1.29 is 9.53 Å². The van der Waals surface area contributed by atoms with Crippen molar-refractivity contribution in [2.75, 3.05) is 26.7 Å². The number of hydrogen-bond donors (Lipinski definition) is 0. The molecule has 0 radical (unpaired) electrons. The first kappa shape index (κ1) is 13.3. The van der Waals surface area contributed by atoms with Gasteiger partial charge in [-0.2, -0.15) is 0 Å². The predicted molar refractivity (Wildman–Crippen MR) is 64.5 cm³/mol. The molecular weight excluding hydrogens is 204 g/mol. The first-order valence-corrected chi connectivity index (χ1v) is 6.01. The molecule has 1 rings (SSSR count). The quantitative estimate of drug-likeness (QED) is 0.687. The van der Waals surface area contributed by atoms with Crippen molar-refractivity contribution >= 4 is 6.09 Å². The predicted octanol–water partition coefficient (Wildman–Crippen LogP) is 1.95. The number of rotatable bonds is 1. The van der Waals surface area contributed by atoms with E-state index >= 15 is 0 Å². The Bertz CT molecular complexity index is 248. The summed E-state index contributed by atoms with van der Waals surface area (Å²) in [4.78, 5) is 16.0. The molecule has 1 unspecified atom stereocenters. The van der Waals surface area contributed by atoms with E-state index in [2.05, 4.69) is 18.9 Å². The molecule has 0 saturated carbocycles. The van der Waals surface area contributed by atoms with Crippen molar-refractivity contribution in [3.63, 3.8) is 0 Å². The van der Waals surface area contributed by atoms with Crippen LogP contribution in [-0.4, -0.2) is 54.2 Å². The Morgan fingerprint density at radius 2 is 2.00 bits per heavy atom. The summed E-state index contributed by atoms with van der Waals surface area (Å²) in [5.41, 5.74) is -0.401. The third kappa shape index (κ3) is 3.67. The molecule has 4 nitrogen and oxygen atoms in total. The van der Waals surface area contributed by atoms with Crippen molar-refractivity contribution in [2.24, 2.45) is 0 Å². The highest BCUT2D eigenvalue weighted by Gasteiger charge is 2.29. The van der Waals surface area contributed by atoms with Crippen LogP contribution < -0.4 is 0 Å². The Labute approximate surface area is 98.5 Å². The topological polar surface area (TPSA) is 32.8 Å². The number of carbonyl (C=O) groups excluding carboxylic acids is 1. The van der Waals surface area contributed by atoms with E-state index in [0.29, 0.717) is 6.04 Å². The van der Waals surface area contributed by atoms with E-state index < -0.39 is 5.60 Å². The number of hydrogen-bond acceptors (Lipinski definition) is 3. The molecular formula is C12H24N2O2. The summed E-state index contributed by atoms with van der Waals surface area (Å²) >= 11 is 0. The van der Waals surface area contributed by atoms with E-state index in [1.807, 2.05) is 25.7 Å². The van der Waals surface area contributed by atoms with Gasteiger partial charge in [0.25, 0.3) is 0 Å². The van der Waals surface area contributed by atoms with E-state index in [4.69, 9.17) is 4.74 Å². The van der Waals surface area contributed by atoms with Crippen LogP contribution in [0.2, 0.25) is 0 Å². The zero-order valence-corrected chi connectivity index (χ0v) is 11.1. The van der Waals surface area contributed by atoms with Crippen LogP contribution in [0, 0.1) is 0 Å². The van der Waals surface area contributed by atoms with Gasteiger partial charge in [-0.1, -0.05) is 6.92 Å². The molecule has 0 aliphatic carbocycles. The van der Waals surface area contributed by atoms with Crippen LogP contribution in [0.5, 0.6) is 0 Å². The minimum absolute atomic E-state index is 0.181. The van der Waals surface area contributed by atoms with Gasteiger partial charge in [0.15, 0.2) is 0 Å². The lowest BCUT2D eigenvalue weighted by atomic mass is 10.1. The normalized spacial score (nSPS) is 23.3. The van der Waals surface area contributed by atoms with Crippen molar-refractivity contribution in [1.82, 2.24) is 9.80 Å². The van der Waals surface area contributed by atoms with Crippen molar-refractivity contribution in [3.8, 4) is 0 Å². The van der Waals surface area contributed by atoms with Crippen molar-refractivity contribution in [2.45, 2.75) is 45.8 Å². The van der Waals surface area contributed by atoms with Crippen LogP contribution in [0.15, 0.2) is 0 Å². The van der Waals surface area contributed by atoms with Crippen LogP contribution in [0.4, 0.5) is 4.79 Å². The summed E-state index contributed by atoms with van der Waals surface area (Å²) in [7, 11) is 2.11. The summed E-state index contributed by atoms with van der Waals surface area (Å²) in [5, 5.41) is 0. The molecule has 0 N–H and O–H groups in total. The number of piperazine rings is 1. The number of nitrogens with zero attached hydrogens (tertiary/aromatic N) is 2. The molecule has 1 saturated heterocycles. The highest BCUT2D eigenvalue weighted by atomic mass is 16.6. The van der Waals surface area contributed by atoms with Crippen molar-refractivity contribution in [3.05, 3.63) is 0 Å². The summed E-state index contributed by atoms with van der Waals surface area (Å²) in [5.74, 6) is 0. The summed E-state index contributed by atoms with van der Waals surface area (Å²) < 4.78 is 5.37. The first-order chi connectivity index (χ1) is 7.33. The minimum atomic E-state index is -0.401. The van der Waals surface area contributed by atoms with Gasteiger partial charge in [0.2, 0.25) is 0 Å². The van der Waals surface area contributed by atoms with Crippen LogP contribution in [0.25, 0.3) is 0 Å². The minimum Gasteiger partial charge on any atom is -0.444 e. The van der Waals surface area contributed by atoms with Gasteiger partial charge in [0.1, 0.15) is 5.60 Å². The van der Waals surface area contributed by atoms with E-state index in [1.165, 1.54) is 0 Å². The maximum Gasteiger partial charge on any atom is 0.410 e. The Balaban J connectivity index is 2.52. The SMILES string of the molecule is CCC1CN(C(=O)OC(C)(C)C)CCN1C. The van der Waals surface area contributed by atoms with Crippen LogP contribution in [0.1, 0.15) is 34.1 Å². The summed E-state index contributed by atoms with van der Waals surface area (Å²) in [6.07, 6.45) is 0.884. The van der Waals surface area contributed by atoms with E-state index in [-0.39, 0.29) is 6.09 Å². The van der Waals surface area contributed by atoms with Crippen molar-refractivity contribution in [1.29, 1.82) is 0 Å². The van der Waals surface area contributed by atoms with Gasteiger partial charge in [0.05, 0.1) is 0 Å². The molecule has 4 heteroatoms. The molecule has 0 aromatic heterocycles. The number of carbonyl (C=O) groups is 1. The monoisotopic (exact) mass is 228 g/mol. The molecule has 1 aliphatic rings. The molecule has 0 aromatic rings.